The van der Waals surface area contributed by atoms with E-state index in [0.717, 1.165) is 5.57 Å². The van der Waals surface area contributed by atoms with Crippen LogP contribution in [0.15, 0.2) is 41.0 Å². The van der Waals surface area contributed by atoms with Gasteiger partial charge in [0, 0.05) is 41.4 Å². The zero-order chi connectivity index (χ0) is 35.4. The Balaban J connectivity index is 1.60. The van der Waals surface area contributed by atoms with Gasteiger partial charge in [-0.2, -0.15) is 0 Å². The van der Waals surface area contributed by atoms with Crippen molar-refractivity contribution in [3.8, 4) is 17.2 Å². The molecule has 4 bridgehead atoms. The number of carboxylic acid groups (broad SMARTS) is 1. The zero-order valence-electron chi connectivity index (χ0n) is 28.9. The molecule has 6 atom stereocenters. The van der Waals surface area contributed by atoms with E-state index in [1.54, 1.807) is 12.2 Å². The molecule has 10 heteroatoms. The van der Waals surface area contributed by atoms with Crippen LogP contribution in [-0.4, -0.2) is 72.1 Å². The predicted octanol–water partition coefficient (Wildman–Crippen LogP) is 5.40. The highest BCUT2D eigenvalue weighted by Crippen LogP contribution is 2.68. The fourth-order valence-electron chi connectivity index (χ4n) is 8.31. The van der Waals surface area contributed by atoms with Crippen LogP contribution in [0.4, 0.5) is 0 Å². The van der Waals surface area contributed by atoms with Crippen molar-refractivity contribution < 1.29 is 49.0 Å². The molecule has 2 fully saturated rings. The third-order valence-electron chi connectivity index (χ3n) is 11.0. The maximum Gasteiger partial charge on any atom is 0.330 e. The van der Waals surface area contributed by atoms with E-state index in [9.17, 15) is 34.8 Å². The van der Waals surface area contributed by atoms with Crippen molar-refractivity contribution in [2.75, 3.05) is 0 Å². The monoisotopic (exact) mass is 662 g/mol. The highest BCUT2D eigenvalue weighted by Gasteiger charge is 2.81. The molecule has 1 spiro atoms. The number of ether oxygens (including phenoxy) is 3. The number of phenols is 1. The van der Waals surface area contributed by atoms with E-state index in [0.29, 0.717) is 19.3 Å². The number of ketones is 2. The Morgan fingerprint density at radius 2 is 1.79 bits per heavy atom. The third kappa shape index (κ3) is 4.82. The van der Waals surface area contributed by atoms with Gasteiger partial charge in [-0.3, -0.25) is 9.59 Å². The SMILES string of the molecule is CC(C)=CCC[C@]1(C)C=Cc2c(O)c3c(c(CC(O)C(C)(C)O)c2O1)O[C@]12C(=C[C@@H]4CC1C(C)(C)O[C@@]2(C/C=C(/C)C(=O)O)C4=O)C3=O. The molecule has 2 unspecified atom stereocenters. The molecule has 1 saturated heterocycles. The van der Waals surface area contributed by atoms with Gasteiger partial charge in [0.25, 0.3) is 0 Å². The summed E-state index contributed by atoms with van der Waals surface area (Å²) >= 11 is 0. The number of carbonyl (C=O) groups is 3. The number of carboxylic acids is 1. The van der Waals surface area contributed by atoms with Crippen LogP contribution in [0.5, 0.6) is 17.2 Å². The molecule has 6 aliphatic rings. The number of hydrogen-bond donors (Lipinski definition) is 4. The largest absolute Gasteiger partial charge is 0.506 e. The number of allylic oxidation sites excluding steroid dienone is 3. The molecule has 3 aliphatic carbocycles. The van der Waals surface area contributed by atoms with E-state index in [1.807, 2.05) is 40.7 Å². The zero-order valence-corrected chi connectivity index (χ0v) is 28.9. The molecule has 0 aromatic heterocycles. The molecule has 0 amide bonds. The summed E-state index contributed by atoms with van der Waals surface area (Å²) in [6.45, 7) is 14.0. The number of carbonyl (C=O) groups excluding carboxylic acids is 2. The number of rotatable bonds is 9. The molecule has 3 aliphatic heterocycles. The molecule has 0 radical (unpaired) electrons. The van der Waals surface area contributed by atoms with Gasteiger partial charge in [-0.1, -0.05) is 23.8 Å². The van der Waals surface area contributed by atoms with Crippen molar-refractivity contribution in [2.24, 2.45) is 11.8 Å². The molecule has 1 aromatic carbocycles. The number of aliphatic hydroxyl groups excluding tert-OH is 1. The summed E-state index contributed by atoms with van der Waals surface area (Å²) in [5, 5.41) is 43.6. The van der Waals surface area contributed by atoms with Crippen LogP contribution in [0, 0.1) is 11.8 Å². The summed E-state index contributed by atoms with van der Waals surface area (Å²) in [4.78, 5) is 40.9. The van der Waals surface area contributed by atoms with Gasteiger partial charge in [-0.25, -0.2) is 4.79 Å². The smallest absolute Gasteiger partial charge is 0.330 e. The average molecular weight is 663 g/mol. The summed E-state index contributed by atoms with van der Waals surface area (Å²) in [5.74, 6) is -3.32. The Bertz CT molecular complexity index is 1750. The second-order valence-electron chi connectivity index (χ2n) is 15.7. The van der Waals surface area contributed by atoms with Gasteiger partial charge < -0.3 is 34.6 Å². The second-order valence-corrected chi connectivity index (χ2v) is 15.7. The van der Waals surface area contributed by atoms with Crippen LogP contribution in [0.3, 0.4) is 0 Å². The number of phenolic OH excluding ortho intramolecular Hbond substituents is 1. The van der Waals surface area contributed by atoms with E-state index in [4.69, 9.17) is 14.2 Å². The Labute approximate surface area is 280 Å². The Morgan fingerprint density at radius 1 is 1.10 bits per heavy atom. The number of aliphatic carboxylic acids is 1. The summed E-state index contributed by atoms with van der Waals surface area (Å²) in [6, 6.07) is 0. The Morgan fingerprint density at radius 3 is 2.42 bits per heavy atom. The first kappa shape index (κ1) is 34.1. The van der Waals surface area contributed by atoms with Crippen LogP contribution in [0.2, 0.25) is 0 Å². The van der Waals surface area contributed by atoms with Crippen molar-refractivity contribution in [3.63, 3.8) is 0 Å². The number of benzene rings is 1. The molecule has 7 rings (SSSR count). The lowest BCUT2D eigenvalue weighted by Crippen LogP contribution is -2.72. The topological polar surface area (TPSA) is 160 Å². The second kappa shape index (κ2) is 10.9. The van der Waals surface area contributed by atoms with E-state index in [1.165, 1.54) is 26.8 Å². The van der Waals surface area contributed by atoms with Crippen molar-refractivity contribution in [1.82, 2.24) is 0 Å². The highest BCUT2D eigenvalue weighted by atomic mass is 16.6. The van der Waals surface area contributed by atoms with Crippen LogP contribution in [0.1, 0.15) is 103 Å². The van der Waals surface area contributed by atoms with E-state index in [2.05, 4.69) is 6.08 Å². The van der Waals surface area contributed by atoms with Gasteiger partial charge in [0.1, 0.15) is 28.4 Å². The first-order valence-electron chi connectivity index (χ1n) is 16.6. The minimum absolute atomic E-state index is 0.0150. The van der Waals surface area contributed by atoms with Gasteiger partial charge in [0.05, 0.1) is 22.9 Å². The van der Waals surface area contributed by atoms with Gasteiger partial charge in [-0.15, -0.1) is 0 Å². The van der Waals surface area contributed by atoms with Crippen LogP contribution < -0.4 is 9.47 Å². The van der Waals surface area contributed by atoms with Crippen molar-refractivity contribution in [1.29, 1.82) is 0 Å². The standard InChI is InChI=1S/C38H46O10/c1-19(2)10-9-13-36(8)14-12-22-28(40)27-29(41)24-16-21-17-25-35(6,7)48-37(32(21)42,15-11-20(3)33(43)44)38(24,25)47-31(27)23(30(22)46-36)18-26(39)34(4,5)45/h10-12,14,16,21,25-26,39-40,45H,9,13,15,17-18H2,1-8H3,(H,43,44)/b20-11-/t21-,25?,26?,36-,37+,38-/m1/s1. The first-order valence-corrected chi connectivity index (χ1v) is 16.6. The summed E-state index contributed by atoms with van der Waals surface area (Å²) < 4.78 is 20.4. The molecule has 48 heavy (non-hydrogen) atoms. The molecule has 1 aromatic rings. The van der Waals surface area contributed by atoms with Crippen LogP contribution >= 0.6 is 0 Å². The van der Waals surface area contributed by atoms with Gasteiger partial charge in [0.15, 0.2) is 22.8 Å². The fourth-order valence-corrected chi connectivity index (χ4v) is 8.31. The normalized spacial score (nSPS) is 31.6. The quantitative estimate of drug-likeness (QED) is 0.199. The minimum Gasteiger partial charge on any atom is -0.506 e. The third-order valence-corrected chi connectivity index (χ3v) is 11.0. The molecular weight excluding hydrogens is 616 g/mol. The van der Waals surface area contributed by atoms with Crippen molar-refractivity contribution in [2.45, 2.75) is 122 Å². The van der Waals surface area contributed by atoms with Gasteiger partial charge >= 0.3 is 5.97 Å². The summed E-state index contributed by atoms with van der Waals surface area (Å²) in [7, 11) is 0. The van der Waals surface area contributed by atoms with Gasteiger partial charge in [-0.05, 0) is 86.8 Å². The van der Waals surface area contributed by atoms with Crippen molar-refractivity contribution >= 4 is 23.6 Å². The molecule has 4 N–H and O–H groups in total. The van der Waals surface area contributed by atoms with Crippen molar-refractivity contribution in [3.05, 3.63) is 57.7 Å². The fraction of sp³-hybridized carbons (Fsp3) is 0.553. The lowest BCUT2D eigenvalue weighted by atomic mass is 9.51. The van der Waals surface area contributed by atoms with Gasteiger partial charge in [0.2, 0.25) is 0 Å². The maximum absolute atomic E-state index is 14.8. The van der Waals surface area contributed by atoms with Crippen LogP contribution in [0.25, 0.3) is 6.08 Å². The average Bonchev–Trinajstić information content (AvgIpc) is 3.13. The summed E-state index contributed by atoms with van der Waals surface area (Å²) in [5.41, 5.74) is -4.95. The van der Waals surface area contributed by atoms with E-state index in [-0.39, 0.29) is 63.7 Å². The van der Waals surface area contributed by atoms with Crippen LogP contribution in [-0.2, 0) is 20.7 Å². The lowest BCUT2D eigenvalue weighted by Gasteiger charge is -2.56. The number of hydrogen-bond acceptors (Lipinski definition) is 9. The lowest BCUT2D eigenvalue weighted by molar-refractivity contribution is -0.171. The number of Topliss-reactive ketones (excluding diaryl/α,β-unsaturated/α-hetero) is 2. The molecule has 258 valence electrons. The summed E-state index contributed by atoms with van der Waals surface area (Å²) in [6.07, 6.45) is 8.68. The molecular formula is C38H46O10. The van der Waals surface area contributed by atoms with E-state index < -0.39 is 57.7 Å². The number of fused-ring (bicyclic) bond motifs is 2. The molecule has 1 saturated carbocycles. The minimum atomic E-state index is -1.74. The number of aliphatic hydroxyl groups is 2. The predicted molar refractivity (Wildman–Crippen MR) is 177 cm³/mol. The number of aromatic hydroxyl groups is 1. The first-order chi connectivity index (χ1) is 22.2. The highest BCUT2D eigenvalue weighted by molar-refractivity contribution is 6.19. The van der Waals surface area contributed by atoms with E-state index >= 15 is 0 Å². The molecule has 3 heterocycles. The Kier molecular flexibility index (Phi) is 7.74. The Hall–Kier alpha value is -3.73. The molecule has 10 nitrogen and oxygen atoms in total. The maximum atomic E-state index is 14.8.